The Morgan fingerprint density at radius 3 is 2.43 bits per heavy atom. The van der Waals surface area contributed by atoms with Crippen LogP contribution in [0, 0.1) is 0 Å². The number of carbonyl (C=O) groups excluding carboxylic acids is 1. The summed E-state index contributed by atoms with van der Waals surface area (Å²) >= 11 is 1.74. The second kappa shape index (κ2) is 3.75. The molecule has 1 aliphatic carbocycles. The molecule has 1 saturated carbocycles. The number of thioether (sulfide) groups is 1. The number of hydrogen-bond donors (Lipinski definition) is 1. The Morgan fingerprint density at radius 1 is 1.29 bits per heavy atom. The van der Waals surface area contributed by atoms with E-state index in [-0.39, 0.29) is 4.75 Å². The largest absolute Gasteiger partial charge is 0.329 e. The van der Waals surface area contributed by atoms with Crippen LogP contribution in [0.2, 0.25) is 0 Å². The Morgan fingerprint density at radius 2 is 1.93 bits per heavy atom. The molecular weight excluding hydrogens is 194 g/mol. The minimum Gasteiger partial charge on any atom is -0.329 e. The zero-order valence-corrected chi connectivity index (χ0v) is 8.72. The van der Waals surface area contributed by atoms with E-state index in [9.17, 15) is 4.79 Å². The van der Waals surface area contributed by atoms with Gasteiger partial charge in [-0.05, 0) is 12.1 Å². The van der Waals surface area contributed by atoms with Crippen LogP contribution in [0.5, 0.6) is 0 Å². The molecule has 74 valence electrons. The quantitative estimate of drug-likeness (QED) is 0.822. The summed E-state index contributed by atoms with van der Waals surface area (Å²) in [5.74, 6) is 0.332. The van der Waals surface area contributed by atoms with Gasteiger partial charge in [-0.15, -0.1) is 11.8 Å². The smallest absolute Gasteiger partial charge is 0.135 e. The number of nitrogens with two attached hydrogens (primary N) is 1. The second-order valence-corrected chi connectivity index (χ2v) is 5.24. The summed E-state index contributed by atoms with van der Waals surface area (Å²) in [6.45, 7) is 0.582. The van der Waals surface area contributed by atoms with Crippen LogP contribution in [-0.4, -0.2) is 17.1 Å². The zero-order valence-electron chi connectivity index (χ0n) is 7.90. The van der Waals surface area contributed by atoms with E-state index < -0.39 is 0 Å². The molecule has 0 aromatic heterocycles. The normalized spacial score (nSPS) is 19.1. The fraction of sp³-hybridized carbons (Fsp3) is 0.364. The van der Waals surface area contributed by atoms with Gasteiger partial charge >= 0.3 is 0 Å². The third-order valence-electron chi connectivity index (χ3n) is 2.49. The maximum Gasteiger partial charge on any atom is 0.135 e. The number of benzene rings is 1. The molecule has 0 aliphatic heterocycles. The summed E-state index contributed by atoms with van der Waals surface area (Å²) in [4.78, 5) is 12.2. The molecule has 2 nitrogen and oxygen atoms in total. The number of rotatable bonds is 3. The SMILES string of the molecule is NCC1(Sc2ccccc2)CC(=O)C1. The molecule has 1 aromatic rings. The molecule has 1 aliphatic rings. The molecule has 3 heteroatoms. The molecule has 0 spiro atoms. The third kappa shape index (κ3) is 1.83. The van der Waals surface area contributed by atoms with Gasteiger partial charge in [0.25, 0.3) is 0 Å². The van der Waals surface area contributed by atoms with Gasteiger partial charge in [0.2, 0.25) is 0 Å². The lowest BCUT2D eigenvalue weighted by molar-refractivity contribution is -0.125. The van der Waals surface area contributed by atoms with E-state index in [1.807, 2.05) is 18.2 Å². The van der Waals surface area contributed by atoms with E-state index in [1.54, 1.807) is 11.8 Å². The molecule has 0 radical (unpaired) electrons. The van der Waals surface area contributed by atoms with Crippen LogP contribution < -0.4 is 5.73 Å². The fourth-order valence-electron chi connectivity index (χ4n) is 1.66. The molecule has 1 fully saturated rings. The molecule has 1 aromatic carbocycles. The van der Waals surface area contributed by atoms with Crippen molar-refractivity contribution in [2.24, 2.45) is 5.73 Å². The summed E-state index contributed by atoms with van der Waals surface area (Å²) in [6.07, 6.45) is 1.26. The Bertz CT molecular complexity index is 328. The molecule has 0 bridgehead atoms. The molecule has 2 rings (SSSR count). The van der Waals surface area contributed by atoms with Crippen LogP contribution in [0.4, 0.5) is 0 Å². The van der Waals surface area contributed by atoms with Crippen LogP contribution in [-0.2, 0) is 4.79 Å². The highest BCUT2D eigenvalue weighted by atomic mass is 32.2. The lowest BCUT2D eigenvalue weighted by Crippen LogP contribution is -2.47. The topological polar surface area (TPSA) is 43.1 Å². The van der Waals surface area contributed by atoms with Crippen LogP contribution in [0.3, 0.4) is 0 Å². The molecule has 0 atom stereocenters. The highest BCUT2D eigenvalue weighted by Crippen LogP contribution is 2.44. The number of hydrogen-bond acceptors (Lipinski definition) is 3. The molecule has 0 amide bonds. The van der Waals surface area contributed by atoms with Crippen LogP contribution in [0.25, 0.3) is 0 Å². The van der Waals surface area contributed by atoms with Crippen LogP contribution in [0.15, 0.2) is 35.2 Å². The van der Waals surface area contributed by atoms with Crippen molar-refractivity contribution in [1.82, 2.24) is 0 Å². The van der Waals surface area contributed by atoms with Gasteiger partial charge in [-0.25, -0.2) is 0 Å². The highest BCUT2D eigenvalue weighted by molar-refractivity contribution is 8.00. The summed E-state index contributed by atoms with van der Waals surface area (Å²) in [5.41, 5.74) is 5.71. The van der Waals surface area contributed by atoms with Crippen LogP contribution >= 0.6 is 11.8 Å². The first-order chi connectivity index (χ1) is 6.74. The van der Waals surface area contributed by atoms with E-state index in [2.05, 4.69) is 12.1 Å². The maximum absolute atomic E-state index is 11.0. The third-order valence-corrected chi connectivity index (χ3v) is 3.88. The van der Waals surface area contributed by atoms with Gasteiger partial charge in [-0.3, -0.25) is 4.79 Å². The van der Waals surface area contributed by atoms with Gasteiger partial charge < -0.3 is 5.73 Å². The van der Waals surface area contributed by atoms with Gasteiger partial charge in [0, 0.05) is 29.0 Å². The van der Waals surface area contributed by atoms with Crippen molar-refractivity contribution in [3.05, 3.63) is 30.3 Å². The first-order valence-electron chi connectivity index (χ1n) is 4.70. The summed E-state index contributed by atoms with van der Waals surface area (Å²) in [5, 5.41) is 0. The Balaban J connectivity index is 2.06. The Kier molecular flexibility index (Phi) is 2.61. The van der Waals surface area contributed by atoms with E-state index in [0.29, 0.717) is 25.2 Å². The van der Waals surface area contributed by atoms with Gasteiger partial charge in [0.1, 0.15) is 5.78 Å². The minimum absolute atomic E-state index is 0.0154. The number of ketones is 1. The first-order valence-corrected chi connectivity index (χ1v) is 5.52. The van der Waals surface area contributed by atoms with Crippen molar-refractivity contribution in [3.8, 4) is 0 Å². The molecular formula is C11H13NOS. The Hall–Kier alpha value is -0.800. The standard InChI is InChI=1S/C11H13NOS/c12-8-11(6-9(13)7-11)14-10-4-2-1-3-5-10/h1-5H,6-8,12H2. The van der Waals surface area contributed by atoms with Gasteiger partial charge in [-0.2, -0.15) is 0 Å². The monoisotopic (exact) mass is 207 g/mol. The predicted octanol–water partition coefficient (Wildman–Crippen LogP) is 1.84. The van der Waals surface area contributed by atoms with Gasteiger partial charge in [-0.1, -0.05) is 18.2 Å². The van der Waals surface area contributed by atoms with Crippen molar-refractivity contribution in [3.63, 3.8) is 0 Å². The summed E-state index contributed by atoms with van der Waals surface area (Å²) in [6, 6.07) is 10.1. The van der Waals surface area contributed by atoms with Crippen molar-refractivity contribution in [2.45, 2.75) is 22.5 Å². The average molecular weight is 207 g/mol. The van der Waals surface area contributed by atoms with Crippen LogP contribution in [0.1, 0.15) is 12.8 Å². The van der Waals surface area contributed by atoms with Crippen molar-refractivity contribution >= 4 is 17.5 Å². The fourth-order valence-corrected chi connectivity index (χ4v) is 3.01. The maximum atomic E-state index is 11.0. The van der Waals surface area contributed by atoms with E-state index >= 15 is 0 Å². The molecule has 0 heterocycles. The van der Waals surface area contributed by atoms with E-state index in [4.69, 9.17) is 5.73 Å². The second-order valence-electron chi connectivity index (χ2n) is 3.69. The molecule has 14 heavy (non-hydrogen) atoms. The average Bonchev–Trinajstić information content (AvgIpc) is 2.16. The summed E-state index contributed by atoms with van der Waals surface area (Å²) < 4.78 is -0.0154. The van der Waals surface area contributed by atoms with Gasteiger partial charge in [0.05, 0.1) is 0 Å². The van der Waals surface area contributed by atoms with Crippen molar-refractivity contribution < 1.29 is 4.79 Å². The lowest BCUT2D eigenvalue weighted by Gasteiger charge is -2.38. The van der Waals surface area contributed by atoms with Gasteiger partial charge in [0.15, 0.2) is 0 Å². The van der Waals surface area contributed by atoms with Crippen molar-refractivity contribution in [2.75, 3.05) is 6.54 Å². The minimum atomic E-state index is -0.0154. The first kappa shape index (κ1) is 9.74. The summed E-state index contributed by atoms with van der Waals surface area (Å²) in [7, 11) is 0. The highest BCUT2D eigenvalue weighted by Gasteiger charge is 2.43. The number of Topliss-reactive ketones (excluding diaryl/α,β-unsaturated/α-hetero) is 1. The Labute approximate surface area is 87.9 Å². The zero-order chi connectivity index (χ0) is 10.0. The predicted molar refractivity (Wildman–Crippen MR) is 58.3 cm³/mol. The van der Waals surface area contributed by atoms with E-state index in [0.717, 1.165) is 0 Å². The molecule has 0 saturated heterocycles. The molecule has 2 N–H and O–H groups in total. The van der Waals surface area contributed by atoms with Crippen molar-refractivity contribution in [1.29, 1.82) is 0 Å². The molecule has 0 unspecified atom stereocenters. The van der Waals surface area contributed by atoms with E-state index in [1.165, 1.54) is 4.90 Å². The number of carbonyl (C=O) groups is 1. The lowest BCUT2D eigenvalue weighted by atomic mass is 9.83.